The zero-order valence-electron chi connectivity index (χ0n) is 17.3. The van der Waals surface area contributed by atoms with E-state index in [9.17, 15) is 14.0 Å². The van der Waals surface area contributed by atoms with Crippen molar-refractivity contribution < 1.29 is 18.7 Å². The van der Waals surface area contributed by atoms with Crippen molar-refractivity contribution in [2.24, 2.45) is 5.92 Å². The summed E-state index contributed by atoms with van der Waals surface area (Å²) < 4.78 is 23.1. The first-order chi connectivity index (χ1) is 14.2. The second-order valence-electron chi connectivity index (χ2n) is 7.95. The first-order valence-corrected chi connectivity index (χ1v) is 10.5. The lowest BCUT2D eigenvalue weighted by molar-refractivity contribution is -0.144. The molecule has 3 rings (SSSR count). The minimum absolute atomic E-state index is 0.0449. The molecule has 1 aliphatic rings. The lowest BCUT2D eigenvalue weighted by Crippen LogP contribution is -2.42. The van der Waals surface area contributed by atoms with E-state index >= 15 is 0 Å². The number of rotatable bonds is 6. The highest BCUT2D eigenvalue weighted by Gasteiger charge is 2.34. The van der Waals surface area contributed by atoms with E-state index in [1.807, 2.05) is 13.8 Å². The summed E-state index contributed by atoms with van der Waals surface area (Å²) in [5.74, 6) is 0.0705. The first-order valence-electron chi connectivity index (χ1n) is 9.73. The Hall–Kier alpha value is -2.59. The Bertz CT molecular complexity index is 904. The van der Waals surface area contributed by atoms with Crippen LogP contribution in [0.5, 0.6) is 0 Å². The standard InChI is InChI=1S/C20H26FN5O3S/c1-20(2)10-14(7-8-29-20)17(27)26(3)12-16-23-19(30-25-16)24-18(28)22-11-13-5-4-6-15(21)9-13/h4-6,9,14H,7-8,10-12H2,1-3H3,(H2,22,23,24,25,28). The quantitative estimate of drug-likeness (QED) is 0.727. The predicted octanol–water partition coefficient (Wildman–Crippen LogP) is 3.16. The molecular formula is C20H26FN5O3S. The number of halogens is 1. The van der Waals surface area contributed by atoms with Crippen molar-refractivity contribution in [1.29, 1.82) is 0 Å². The number of ether oxygens (including phenoxy) is 1. The molecule has 3 amide bonds. The highest BCUT2D eigenvalue weighted by molar-refractivity contribution is 7.09. The molecule has 1 aromatic heterocycles. The summed E-state index contributed by atoms with van der Waals surface area (Å²) >= 11 is 1.04. The molecule has 2 aromatic rings. The topological polar surface area (TPSA) is 96.5 Å². The Balaban J connectivity index is 1.48. The van der Waals surface area contributed by atoms with Crippen molar-refractivity contribution in [2.45, 2.75) is 45.4 Å². The molecule has 1 atom stereocenters. The molecule has 1 saturated heterocycles. The molecule has 1 aliphatic heterocycles. The zero-order chi connectivity index (χ0) is 21.7. The SMILES string of the molecule is CN(Cc1nsc(NC(=O)NCc2cccc(F)c2)n1)C(=O)C1CCOC(C)(C)C1. The van der Waals surface area contributed by atoms with E-state index < -0.39 is 6.03 Å². The summed E-state index contributed by atoms with van der Waals surface area (Å²) in [5, 5.41) is 5.57. The normalized spacial score (nSPS) is 17.9. The number of amides is 3. The van der Waals surface area contributed by atoms with Gasteiger partial charge in [-0.05, 0) is 44.4 Å². The lowest BCUT2D eigenvalue weighted by Gasteiger charge is -2.36. The number of carbonyl (C=O) groups is 2. The van der Waals surface area contributed by atoms with Gasteiger partial charge in [-0.3, -0.25) is 10.1 Å². The summed E-state index contributed by atoms with van der Waals surface area (Å²) in [6.07, 6.45) is 1.38. The van der Waals surface area contributed by atoms with Crippen LogP contribution >= 0.6 is 11.5 Å². The van der Waals surface area contributed by atoms with Gasteiger partial charge in [0.05, 0.1) is 12.1 Å². The van der Waals surface area contributed by atoms with E-state index in [1.54, 1.807) is 24.1 Å². The number of urea groups is 1. The summed E-state index contributed by atoms with van der Waals surface area (Å²) in [6.45, 7) is 5.01. The van der Waals surface area contributed by atoms with Crippen LogP contribution in [-0.4, -0.2) is 45.5 Å². The summed E-state index contributed by atoms with van der Waals surface area (Å²) in [6, 6.07) is 5.54. The van der Waals surface area contributed by atoms with Crippen LogP contribution in [0.2, 0.25) is 0 Å². The van der Waals surface area contributed by atoms with E-state index in [-0.39, 0.29) is 36.3 Å². The summed E-state index contributed by atoms with van der Waals surface area (Å²) in [4.78, 5) is 30.6. The number of nitrogens with zero attached hydrogens (tertiary/aromatic N) is 3. The van der Waals surface area contributed by atoms with Gasteiger partial charge in [-0.15, -0.1) is 0 Å². The zero-order valence-corrected chi connectivity index (χ0v) is 18.1. The van der Waals surface area contributed by atoms with Crippen molar-refractivity contribution in [3.05, 3.63) is 41.5 Å². The van der Waals surface area contributed by atoms with Gasteiger partial charge in [-0.2, -0.15) is 4.37 Å². The molecular weight excluding hydrogens is 409 g/mol. The molecule has 0 aliphatic carbocycles. The minimum atomic E-state index is -0.462. The fourth-order valence-electron chi connectivity index (χ4n) is 3.38. The second kappa shape index (κ2) is 9.48. The maximum Gasteiger partial charge on any atom is 0.321 e. The van der Waals surface area contributed by atoms with Crippen molar-refractivity contribution in [2.75, 3.05) is 19.0 Å². The van der Waals surface area contributed by atoms with Crippen molar-refractivity contribution in [3.63, 3.8) is 0 Å². The van der Waals surface area contributed by atoms with Gasteiger partial charge in [-0.25, -0.2) is 14.2 Å². The number of nitrogens with one attached hydrogen (secondary N) is 2. The van der Waals surface area contributed by atoms with Crippen molar-refractivity contribution in [1.82, 2.24) is 19.6 Å². The minimum Gasteiger partial charge on any atom is -0.376 e. The Labute approximate surface area is 179 Å². The van der Waals surface area contributed by atoms with E-state index in [4.69, 9.17) is 4.74 Å². The Morgan fingerprint density at radius 2 is 2.20 bits per heavy atom. The van der Waals surface area contributed by atoms with E-state index in [2.05, 4.69) is 20.0 Å². The maximum atomic E-state index is 13.2. The highest BCUT2D eigenvalue weighted by atomic mass is 32.1. The molecule has 30 heavy (non-hydrogen) atoms. The maximum absolute atomic E-state index is 13.2. The van der Waals surface area contributed by atoms with Crippen LogP contribution in [0.1, 0.15) is 38.1 Å². The van der Waals surface area contributed by atoms with Crippen LogP contribution in [0.25, 0.3) is 0 Å². The van der Waals surface area contributed by atoms with Crippen LogP contribution in [0.15, 0.2) is 24.3 Å². The van der Waals surface area contributed by atoms with E-state index in [0.717, 1.165) is 11.5 Å². The highest BCUT2D eigenvalue weighted by Crippen LogP contribution is 2.29. The smallest absolute Gasteiger partial charge is 0.321 e. The van der Waals surface area contributed by atoms with Gasteiger partial charge in [0, 0.05) is 37.6 Å². The average Bonchev–Trinajstić information content (AvgIpc) is 3.11. The van der Waals surface area contributed by atoms with E-state index in [1.165, 1.54) is 12.1 Å². The fourth-order valence-corrected chi connectivity index (χ4v) is 3.96. The number of aromatic nitrogens is 2. The van der Waals surface area contributed by atoms with Gasteiger partial charge in [0.2, 0.25) is 11.0 Å². The molecule has 0 radical (unpaired) electrons. The van der Waals surface area contributed by atoms with E-state index in [0.29, 0.717) is 36.0 Å². The summed E-state index contributed by atoms with van der Waals surface area (Å²) in [7, 11) is 1.73. The molecule has 2 N–H and O–H groups in total. The fraction of sp³-hybridized carbons (Fsp3) is 0.500. The molecule has 1 aromatic carbocycles. The molecule has 10 heteroatoms. The molecule has 162 valence electrons. The third-order valence-corrected chi connectivity index (χ3v) is 5.50. The third kappa shape index (κ3) is 6.20. The van der Waals surface area contributed by atoms with Crippen molar-refractivity contribution in [3.8, 4) is 0 Å². The third-order valence-electron chi connectivity index (χ3n) is 4.83. The molecule has 1 unspecified atom stereocenters. The Morgan fingerprint density at radius 3 is 2.93 bits per heavy atom. The number of carbonyl (C=O) groups excluding carboxylic acids is 2. The van der Waals surface area contributed by atoms with Crippen LogP contribution < -0.4 is 10.6 Å². The average molecular weight is 436 g/mol. The van der Waals surface area contributed by atoms with Crippen LogP contribution in [-0.2, 0) is 22.6 Å². The van der Waals surface area contributed by atoms with Gasteiger partial charge in [0.1, 0.15) is 5.82 Å². The van der Waals surface area contributed by atoms with Gasteiger partial charge in [-0.1, -0.05) is 12.1 Å². The number of hydrogen-bond acceptors (Lipinski definition) is 6. The van der Waals surface area contributed by atoms with Crippen LogP contribution in [0.4, 0.5) is 14.3 Å². The van der Waals surface area contributed by atoms with Gasteiger partial charge < -0.3 is 15.0 Å². The molecule has 0 saturated carbocycles. The Morgan fingerprint density at radius 1 is 1.40 bits per heavy atom. The molecule has 8 nitrogen and oxygen atoms in total. The number of benzene rings is 1. The summed E-state index contributed by atoms with van der Waals surface area (Å²) in [5.41, 5.74) is 0.355. The molecule has 2 heterocycles. The first kappa shape index (κ1) is 22.1. The second-order valence-corrected chi connectivity index (χ2v) is 8.70. The van der Waals surface area contributed by atoms with Crippen molar-refractivity contribution >= 4 is 28.6 Å². The predicted molar refractivity (Wildman–Crippen MR) is 111 cm³/mol. The van der Waals surface area contributed by atoms with Gasteiger partial charge in [0.25, 0.3) is 0 Å². The molecule has 0 bridgehead atoms. The molecule has 1 fully saturated rings. The largest absolute Gasteiger partial charge is 0.376 e. The van der Waals surface area contributed by atoms with Crippen LogP contribution in [0, 0.1) is 11.7 Å². The number of anilines is 1. The van der Waals surface area contributed by atoms with Gasteiger partial charge in [0.15, 0.2) is 5.82 Å². The Kier molecular flexibility index (Phi) is 6.99. The van der Waals surface area contributed by atoms with Crippen LogP contribution in [0.3, 0.4) is 0 Å². The molecule has 0 spiro atoms. The number of hydrogen-bond donors (Lipinski definition) is 2. The van der Waals surface area contributed by atoms with Gasteiger partial charge >= 0.3 is 6.03 Å². The lowest BCUT2D eigenvalue weighted by atomic mass is 9.87. The monoisotopic (exact) mass is 435 g/mol.